The van der Waals surface area contributed by atoms with Gasteiger partial charge in [0.2, 0.25) is 5.91 Å². The van der Waals surface area contributed by atoms with Crippen molar-refractivity contribution in [2.45, 2.75) is 19.0 Å². The number of ether oxygens (including phenoxy) is 1. The van der Waals surface area contributed by atoms with Gasteiger partial charge < -0.3 is 19.5 Å². The van der Waals surface area contributed by atoms with Crippen molar-refractivity contribution in [1.82, 2.24) is 24.3 Å². The van der Waals surface area contributed by atoms with Gasteiger partial charge in [-0.2, -0.15) is 13.1 Å². The summed E-state index contributed by atoms with van der Waals surface area (Å²) in [5.41, 5.74) is 1.38. The molecule has 1 atom stereocenters. The van der Waals surface area contributed by atoms with Gasteiger partial charge in [0.25, 0.3) is 0 Å². The molecule has 3 amide bonds. The number of carbonyl (C=O) groups excluding carboxylic acids is 2. The smallest absolute Gasteiger partial charge is 0.330 e. The monoisotopic (exact) mass is 500 g/mol. The van der Waals surface area contributed by atoms with Crippen LogP contribution in [0, 0.1) is 0 Å². The van der Waals surface area contributed by atoms with Crippen molar-refractivity contribution in [3.63, 3.8) is 0 Å². The molecule has 0 bridgehead atoms. The summed E-state index contributed by atoms with van der Waals surface area (Å²) in [5.74, 6) is 0.678. The molecule has 0 radical (unpaired) electrons. The predicted octanol–water partition coefficient (Wildman–Crippen LogP) is 1.34. The van der Waals surface area contributed by atoms with Crippen LogP contribution in [0.4, 0.5) is 10.5 Å². The molecule has 1 unspecified atom stereocenters. The Morgan fingerprint density at radius 1 is 1.11 bits per heavy atom. The van der Waals surface area contributed by atoms with Gasteiger partial charge in [-0.25, -0.2) is 14.5 Å². The van der Waals surface area contributed by atoms with Gasteiger partial charge in [-0.3, -0.25) is 4.79 Å². The van der Waals surface area contributed by atoms with Crippen molar-refractivity contribution in [3.05, 3.63) is 78.4 Å². The van der Waals surface area contributed by atoms with E-state index >= 15 is 0 Å². The topological polar surface area (TPSA) is 135 Å². The van der Waals surface area contributed by atoms with Gasteiger partial charge in [-0.05, 0) is 29.8 Å². The highest BCUT2D eigenvalue weighted by Crippen LogP contribution is 2.19. The summed E-state index contributed by atoms with van der Waals surface area (Å²) in [6.45, 7) is -0.112. The fourth-order valence-corrected chi connectivity index (χ4v) is 3.98. The molecule has 0 aliphatic carbocycles. The van der Waals surface area contributed by atoms with Crippen LogP contribution < -0.4 is 24.4 Å². The number of benzene rings is 2. The second kappa shape index (κ2) is 11.5. The molecule has 0 aliphatic rings. The molecule has 11 nitrogen and oxygen atoms in total. The van der Waals surface area contributed by atoms with E-state index in [1.54, 1.807) is 56.2 Å². The van der Waals surface area contributed by atoms with Gasteiger partial charge in [-0.1, -0.05) is 30.3 Å². The Bertz CT molecular complexity index is 1240. The Hall–Kier alpha value is -3.90. The molecular formula is C23H28N6O5S. The number of aryl methyl sites for hydroxylation is 1. The van der Waals surface area contributed by atoms with E-state index in [4.69, 9.17) is 4.74 Å². The third-order valence-corrected chi connectivity index (χ3v) is 6.22. The number of methoxy groups -OCH3 is 1. The molecule has 0 aliphatic heterocycles. The van der Waals surface area contributed by atoms with E-state index in [9.17, 15) is 18.0 Å². The lowest BCUT2D eigenvalue weighted by Crippen LogP contribution is -2.54. The largest absolute Gasteiger partial charge is 0.497 e. The number of urea groups is 1. The Morgan fingerprint density at radius 3 is 2.40 bits per heavy atom. The van der Waals surface area contributed by atoms with Crippen LogP contribution in [0.25, 0.3) is 0 Å². The maximum atomic E-state index is 13.3. The molecule has 2 aromatic carbocycles. The van der Waals surface area contributed by atoms with E-state index in [0.717, 1.165) is 5.56 Å². The molecule has 1 aromatic heterocycles. The number of hydrogen-bond donors (Lipinski definition) is 3. The van der Waals surface area contributed by atoms with Crippen molar-refractivity contribution < 1.29 is 22.7 Å². The summed E-state index contributed by atoms with van der Waals surface area (Å²) in [4.78, 5) is 31.3. The van der Waals surface area contributed by atoms with Gasteiger partial charge in [0.1, 0.15) is 17.6 Å². The van der Waals surface area contributed by atoms with Crippen LogP contribution in [0.1, 0.15) is 11.4 Å². The molecule has 35 heavy (non-hydrogen) atoms. The molecule has 3 aromatic rings. The van der Waals surface area contributed by atoms with E-state index in [-0.39, 0.29) is 13.0 Å². The lowest BCUT2D eigenvalue weighted by Gasteiger charge is -2.25. The zero-order chi connectivity index (χ0) is 25.4. The summed E-state index contributed by atoms with van der Waals surface area (Å²) < 4.78 is 35.6. The average Bonchev–Trinajstić information content (AvgIpc) is 3.26. The van der Waals surface area contributed by atoms with Gasteiger partial charge in [-0.15, -0.1) is 0 Å². The number of hydrogen-bond acceptors (Lipinski definition) is 6. The number of nitrogens with one attached hydrogen (secondary N) is 3. The lowest BCUT2D eigenvalue weighted by atomic mass is 10.0. The van der Waals surface area contributed by atoms with Crippen LogP contribution in [0.5, 0.6) is 5.75 Å². The minimum Gasteiger partial charge on any atom is -0.497 e. The molecule has 0 saturated carbocycles. The zero-order valence-electron chi connectivity index (χ0n) is 19.6. The number of rotatable bonds is 10. The lowest BCUT2D eigenvalue weighted by molar-refractivity contribution is -0.120. The molecule has 0 saturated heterocycles. The van der Waals surface area contributed by atoms with Crippen LogP contribution >= 0.6 is 0 Å². The number of anilines is 1. The van der Waals surface area contributed by atoms with Crippen molar-refractivity contribution in [1.29, 1.82) is 0 Å². The number of nitrogens with zero attached hydrogens (tertiary/aromatic N) is 3. The van der Waals surface area contributed by atoms with Crippen LogP contribution in [0.2, 0.25) is 0 Å². The number of aromatic nitrogens is 2. The summed E-state index contributed by atoms with van der Waals surface area (Å²) in [6, 6.07) is 13.9. The molecule has 3 N–H and O–H groups in total. The van der Waals surface area contributed by atoms with Crippen LogP contribution in [-0.2, 0) is 35.0 Å². The zero-order valence-corrected chi connectivity index (χ0v) is 20.5. The third kappa shape index (κ3) is 7.29. The maximum Gasteiger partial charge on any atom is 0.330 e. The third-order valence-electron chi connectivity index (χ3n) is 5.24. The molecule has 0 spiro atoms. The van der Waals surface area contributed by atoms with E-state index < -0.39 is 28.2 Å². The molecule has 186 valence electrons. The molecule has 3 rings (SSSR count). The Balaban J connectivity index is 1.71. The highest BCUT2D eigenvalue weighted by Gasteiger charge is 2.27. The normalized spacial score (nSPS) is 12.0. The van der Waals surface area contributed by atoms with Crippen molar-refractivity contribution in [3.8, 4) is 5.75 Å². The predicted molar refractivity (Wildman–Crippen MR) is 131 cm³/mol. The molecule has 1 heterocycles. The van der Waals surface area contributed by atoms with Gasteiger partial charge in [0, 0.05) is 38.6 Å². The first kappa shape index (κ1) is 25.7. The van der Waals surface area contributed by atoms with Crippen molar-refractivity contribution >= 4 is 27.8 Å². The minimum atomic E-state index is -4.20. The average molecular weight is 501 g/mol. The second-order valence-corrected chi connectivity index (χ2v) is 9.19. The van der Waals surface area contributed by atoms with Crippen molar-refractivity contribution in [2.24, 2.45) is 7.05 Å². The number of amides is 3. The van der Waals surface area contributed by atoms with Crippen LogP contribution in [-0.4, -0.2) is 50.1 Å². The number of likely N-dealkylation sites (N-methyl/N-ethyl adjacent to an activating group) is 1. The first-order valence-corrected chi connectivity index (χ1v) is 12.2. The van der Waals surface area contributed by atoms with Crippen LogP contribution in [0.3, 0.4) is 0 Å². The van der Waals surface area contributed by atoms with Gasteiger partial charge >= 0.3 is 16.2 Å². The van der Waals surface area contributed by atoms with Gasteiger partial charge in [0.05, 0.1) is 13.7 Å². The highest BCUT2D eigenvalue weighted by atomic mass is 32.2. The van der Waals surface area contributed by atoms with Crippen LogP contribution in [0.15, 0.2) is 67.0 Å². The molecule has 0 fully saturated rings. The first-order valence-electron chi connectivity index (χ1n) is 10.7. The highest BCUT2D eigenvalue weighted by molar-refractivity contribution is 7.88. The fraction of sp³-hybridized carbons (Fsp3) is 0.261. The summed E-state index contributed by atoms with van der Waals surface area (Å²) in [5, 5.41) is 2.49. The number of imidazole rings is 1. The minimum absolute atomic E-state index is 0.112. The second-order valence-electron chi connectivity index (χ2n) is 7.69. The summed E-state index contributed by atoms with van der Waals surface area (Å²) in [7, 11) is 0.636. The fourth-order valence-electron chi connectivity index (χ4n) is 3.29. The summed E-state index contributed by atoms with van der Waals surface area (Å²) in [6.07, 6.45) is 3.36. The Labute approximate surface area is 204 Å². The Morgan fingerprint density at radius 2 is 1.80 bits per heavy atom. The molecule has 12 heteroatoms. The summed E-state index contributed by atoms with van der Waals surface area (Å²) >= 11 is 0. The van der Waals surface area contributed by atoms with Crippen molar-refractivity contribution in [2.75, 3.05) is 19.1 Å². The quantitative estimate of drug-likeness (QED) is 0.385. The maximum absolute atomic E-state index is 13.3. The van der Waals surface area contributed by atoms with E-state index in [0.29, 0.717) is 17.3 Å². The SMILES string of the molecule is COc1ccc(N(C)C(=O)C(Cc2ccccc2)NC(=O)NS(=O)(=O)NCc2nccn2C)cc1. The van der Waals surface area contributed by atoms with Gasteiger partial charge in [0.15, 0.2) is 0 Å². The standard InChI is InChI=1S/C23H28N6O5S/c1-28-14-13-24-21(28)16-25-35(32,33)27-23(31)26-20(15-17-7-5-4-6-8-17)22(30)29(2)18-9-11-19(34-3)12-10-18/h4-14,20,25H,15-16H2,1-3H3,(H2,26,27,31). The first-order chi connectivity index (χ1) is 16.7. The molecular weight excluding hydrogens is 472 g/mol. The number of carbonyl (C=O) groups is 2. The van der Waals surface area contributed by atoms with E-state index in [1.807, 2.05) is 35.1 Å². The van der Waals surface area contributed by atoms with E-state index in [2.05, 4.69) is 15.0 Å². The Kier molecular flexibility index (Phi) is 8.44. The van der Waals surface area contributed by atoms with E-state index in [1.165, 1.54) is 11.1 Å².